The molecule has 1 aromatic heterocycles. The molecule has 96 valence electrons. The minimum Gasteiger partial charge on any atom is -0.497 e. The molecule has 2 rings (SSSR count). The van der Waals surface area contributed by atoms with E-state index in [1.54, 1.807) is 13.3 Å². The van der Waals surface area contributed by atoms with Crippen LogP contribution >= 0.6 is 0 Å². The number of aromatic nitrogens is 2. The monoisotopic (exact) mass is 246 g/mol. The summed E-state index contributed by atoms with van der Waals surface area (Å²) in [5.74, 6) is 0.807. The van der Waals surface area contributed by atoms with Crippen LogP contribution < -0.4 is 15.8 Å². The number of rotatable bonds is 6. The summed E-state index contributed by atoms with van der Waals surface area (Å²) in [5, 5.41) is 3.31. The Kier molecular flexibility index (Phi) is 4.06. The molecular weight excluding hydrogens is 228 g/mol. The highest BCUT2D eigenvalue weighted by atomic mass is 16.5. The van der Waals surface area contributed by atoms with Crippen molar-refractivity contribution in [1.82, 2.24) is 9.55 Å². The van der Waals surface area contributed by atoms with Gasteiger partial charge in [-0.25, -0.2) is 4.98 Å². The Morgan fingerprint density at radius 1 is 1.44 bits per heavy atom. The Hall–Kier alpha value is -2.17. The van der Waals surface area contributed by atoms with Gasteiger partial charge in [-0.1, -0.05) is 0 Å². The van der Waals surface area contributed by atoms with Gasteiger partial charge in [-0.2, -0.15) is 0 Å². The fraction of sp³-hybridized carbons (Fsp3) is 0.308. The minimum atomic E-state index is 0.735. The van der Waals surface area contributed by atoms with Crippen molar-refractivity contribution in [3.63, 3.8) is 0 Å². The first-order valence-corrected chi connectivity index (χ1v) is 5.92. The number of ether oxygens (including phenoxy) is 1. The Balaban J connectivity index is 1.82. The molecule has 0 saturated carbocycles. The second-order valence-corrected chi connectivity index (χ2v) is 4.03. The Labute approximate surface area is 107 Å². The molecule has 0 fully saturated rings. The summed E-state index contributed by atoms with van der Waals surface area (Å²) in [6, 6.07) is 5.61. The first kappa shape index (κ1) is 12.3. The van der Waals surface area contributed by atoms with Gasteiger partial charge in [0.2, 0.25) is 0 Å². The maximum Gasteiger partial charge on any atom is 0.121 e. The highest BCUT2D eigenvalue weighted by Gasteiger charge is 2.00. The molecule has 1 aromatic carbocycles. The molecule has 5 heteroatoms. The fourth-order valence-electron chi connectivity index (χ4n) is 1.72. The average Bonchev–Trinajstić information content (AvgIpc) is 2.89. The van der Waals surface area contributed by atoms with E-state index in [1.807, 2.05) is 30.7 Å². The van der Waals surface area contributed by atoms with Crippen molar-refractivity contribution in [1.29, 1.82) is 0 Å². The third kappa shape index (κ3) is 3.16. The largest absolute Gasteiger partial charge is 0.497 e. The summed E-state index contributed by atoms with van der Waals surface area (Å²) in [4.78, 5) is 4.00. The molecular formula is C13H18N4O. The molecule has 0 amide bonds. The van der Waals surface area contributed by atoms with E-state index in [0.717, 1.165) is 36.6 Å². The average molecular weight is 246 g/mol. The normalized spacial score (nSPS) is 10.3. The van der Waals surface area contributed by atoms with Crippen LogP contribution in [-0.4, -0.2) is 23.2 Å². The number of aryl methyl sites for hydroxylation is 1. The maximum atomic E-state index is 5.89. The third-order valence-corrected chi connectivity index (χ3v) is 2.73. The molecule has 0 atom stereocenters. The SMILES string of the molecule is COc1ccc(N)c(NCCCn2ccnc2)c1. The van der Waals surface area contributed by atoms with E-state index in [0.29, 0.717) is 0 Å². The molecule has 0 aliphatic carbocycles. The van der Waals surface area contributed by atoms with E-state index < -0.39 is 0 Å². The number of nitrogens with zero attached hydrogens (tertiary/aromatic N) is 2. The van der Waals surface area contributed by atoms with E-state index >= 15 is 0 Å². The molecule has 0 aliphatic heterocycles. The fourth-order valence-corrected chi connectivity index (χ4v) is 1.72. The van der Waals surface area contributed by atoms with Crippen LogP contribution in [0.25, 0.3) is 0 Å². The van der Waals surface area contributed by atoms with Gasteiger partial charge in [0, 0.05) is 31.5 Å². The molecule has 0 spiro atoms. The number of nitrogens with one attached hydrogen (secondary N) is 1. The molecule has 3 N–H and O–H groups in total. The van der Waals surface area contributed by atoms with Crippen molar-refractivity contribution in [3.05, 3.63) is 36.9 Å². The summed E-state index contributed by atoms with van der Waals surface area (Å²) < 4.78 is 7.22. The van der Waals surface area contributed by atoms with Crippen molar-refractivity contribution >= 4 is 11.4 Å². The van der Waals surface area contributed by atoms with Crippen LogP contribution in [0, 0.1) is 0 Å². The number of methoxy groups -OCH3 is 1. The zero-order valence-corrected chi connectivity index (χ0v) is 10.5. The van der Waals surface area contributed by atoms with Crippen LogP contribution in [0.2, 0.25) is 0 Å². The van der Waals surface area contributed by atoms with Crippen LogP contribution in [0.4, 0.5) is 11.4 Å². The van der Waals surface area contributed by atoms with Gasteiger partial charge in [-0.15, -0.1) is 0 Å². The summed E-state index contributed by atoms with van der Waals surface area (Å²) in [5.41, 5.74) is 7.54. The number of anilines is 2. The number of imidazole rings is 1. The smallest absolute Gasteiger partial charge is 0.121 e. The Bertz CT molecular complexity index is 482. The number of nitrogens with two attached hydrogens (primary N) is 1. The molecule has 0 saturated heterocycles. The van der Waals surface area contributed by atoms with E-state index in [9.17, 15) is 0 Å². The molecule has 0 bridgehead atoms. The molecule has 1 heterocycles. The maximum absolute atomic E-state index is 5.89. The third-order valence-electron chi connectivity index (χ3n) is 2.73. The quantitative estimate of drug-likeness (QED) is 0.604. The summed E-state index contributed by atoms with van der Waals surface area (Å²) in [7, 11) is 1.65. The van der Waals surface area contributed by atoms with Crippen LogP contribution in [-0.2, 0) is 6.54 Å². The van der Waals surface area contributed by atoms with Crippen molar-refractivity contribution in [2.75, 3.05) is 24.7 Å². The van der Waals surface area contributed by atoms with Crippen molar-refractivity contribution < 1.29 is 4.74 Å². The van der Waals surface area contributed by atoms with Crippen LogP contribution in [0.15, 0.2) is 36.9 Å². The molecule has 5 nitrogen and oxygen atoms in total. The zero-order chi connectivity index (χ0) is 12.8. The van der Waals surface area contributed by atoms with Gasteiger partial charge < -0.3 is 20.4 Å². The van der Waals surface area contributed by atoms with Gasteiger partial charge in [-0.05, 0) is 18.6 Å². The second-order valence-electron chi connectivity index (χ2n) is 4.03. The van der Waals surface area contributed by atoms with Crippen LogP contribution in [0.1, 0.15) is 6.42 Å². The molecule has 0 radical (unpaired) electrons. The molecule has 2 aromatic rings. The molecule has 0 unspecified atom stereocenters. The molecule has 18 heavy (non-hydrogen) atoms. The Morgan fingerprint density at radius 3 is 3.06 bits per heavy atom. The van der Waals surface area contributed by atoms with E-state index in [2.05, 4.69) is 14.9 Å². The van der Waals surface area contributed by atoms with Gasteiger partial charge in [-0.3, -0.25) is 0 Å². The Morgan fingerprint density at radius 2 is 2.33 bits per heavy atom. The van der Waals surface area contributed by atoms with Crippen molar-refractivity contribution in [2.24, 2.45) is 0 Å². The summed E-state index contributed by atoms with van der Waals surface area (Å²) >= 11 is 0. The zero-order valence-electron chi connectivity index (χ0n) is 10.5. The second kappa shape index (κ2) is 5.95. The van der Waals surface area contributed by atoms with E-state index in [4.69, 9.17) is 10.5 Å². The van der Waals surface area contributed by atoms with Crippen LogP contribution in [0.3, 0.4) is 0 Å². The first-order valence-electron chi connectivity index (χ1n) is 5.92. The highest BCUT2D eigenvalue weighted by molar-refractivity contribution is 5.68. The van der Waals surface area contributed by atoms with Gasteiger partial charge in [0.15, 0.2) is 0 Å². The van der Waals surface area contributed by atoms with Gasteiger partial charge in [0.1, 0.15) is 5.75 Å². The lowest BCUT2D eigenvalue weighted by Crippen LogP contribution is -2.07. The van der Waals surface area contributed by atoms with Gasteiger partial charge in [0.05, 0.1) is 24.8 Å². The first-order chi connectivity index (χ1) is 8.79. The lowest BCUT2D eigenvalue weighted by atomic mass is 10.2. The lowest BCUT2D eigenvalue weighted by Gasteiger charge is -2.11. The predicted molar refractivity (Wildman–Crippen MR) is 72.7 cm³/mol. The van der Waals surface area contributed by atoms with Crippen molar-refractivity contribution in [3.8, 4) is 5.75 Å². The topological polar surface area (TPSA) is 65.1 Å². The lowest BCUT2D eigenvalue weighted by molar-refractivity contribution is 0.415. The molecule has 0 aliphatic rings. The minimum absolute atomic E-state index is 0.735. The number of hydrogen-bond donors (Lipinski definition) is 2. The standard InChI is InChI=1S/C13H18N4O/c1-18-11-3-4-12(14)13(9-11)16-5-2-7-17-8-6-15-10-17/h3-4,6,8-10,16H,2,5,7,14H2,1H3. The van der Waals surface area contributed by atoms with Gasteiger partial charge >= 0.3 is 0 Å². The predicted octanol–water partition coefficient (Wildman–Crippen LogP) is 1.98. The number of nitrogen functional groups attached to an aromatic ring is 1. The highest BCUT2D eigenvalue weighted by Crippen LogP contribution is 2.24. The summed E-state index contributed by atoms with van der Waals surface area (Å²) in [6.07, 6.45) is 6.57. The van der Waals surface area contributed by atoms with E-state index in [1.165, 1.54) is 0 Å². The summed E-state index contributed by atoms with van der Waals surface area (Å²) in [6.45, 7) is 1.80. The number of hydrogen-bond acceptors (Lipinski definition) is 4. The van der Waals surface area contributed by atoms with Gasteiger partial charge in [0.25, 0.3) is 0 Å². The van der Waals surface area contributed by atoms with Crippen molar-refractivity contribution in [2.45, 2.75) is 13.0 Å². The van der Waals surface area contributed by atoms with E-state index in [-0.39, 0.29) is 0 Å². The number of benzene rings is 1. The van der Waals surface area contributed by atoms with Crippen LogP contribution in [0.5, 0.6) is 5.75 Å².